The van der Waals surface area contributed by atoms with E-state index in [0.717, 1.165) is 36.8 Å². The lowest BCUT2D eigenvalue weighted by Gasteiger charge is -2.28. The highest BCUT2D eigenvalue weighted by molar-refractivity contribution is 7.90. The summed E-state index contributed by atoms with van der Waals surface area (Å²) < 4.78 is 32.2. The van der Waals surface area contributed by atoms with E-state index >= 15 is 0 Å². The number of fused-ring (bicyclic) bond motifs is 1. The number of amides is 4. The normalized spacial score (nSPS) is 22.8. The maximum atomic E-state index is 13.6. The van der Waals surface area contributed by atoms with E-state index in [9.17, 15) is 27.6 Å². The quantitative estimate of drug-likeness (QED) is 0.368. The first-order valence-electron chi connectivity index (χ1n) is 15.9. The van der Waals surface area contributed by atoms with Gasteiger partial charge in [0, 0.05) is 36.9 Å². The van der Waals surface area contributed by atoms with Crippen molar-refractivity contribution < 1.29 is 32.3 Å². The summed E-state index contributed by atoms with van der Waals surface area (Å²) in [6, 6.07) is 4.36. The third-order valence-electron chi connectivity index (χ3n) is 9.30. The largest absolute Gasteiger partial charge is 0.444 e. The van der Waals surface area contributed by atoms with Gasteiger partial charge in [-0.1, -0.05) is 49.9 Å². The molecule has 44 heavy (non-hydrogen) atoms. The lowest BCUT2D eigenvalue weighted by Crippen LogP contribution is -2.49. The molecular formula is C31H43ClN4O7S. The van der Waals surface area contributed by atoms with Gasteiger partial charge >= 0.3 is 6.09 Å². The van der Waals surface area contributed by atoms with Crippen LogP contribution in [0.5, 0.6) is 0 Å². The van der Waals surface area contributed by atoms with Crippen LogP contribution in [0.4, 0.5) is 4.79 Å². The number of hydrogen-bond donors (Lipinski definition) is 2. The van der Waals surface area contributed by atoms with Crippen LogP contribution < -0.4 is 10.0 Å². The summed E-state index contributed by atoms with van der Waals surface area (Å²) in [6.07, 6.45) is 6.56. The van der Waals surface area contributed by atoms with Crippen LogP contribution in [0.1, 0.15) is 95.1 Å². The van der Waals surface area contributed by atoms with E-state index in [2.05, 4.69) is 10.0 Å². The Balaban J connectivity index is 1.20. The zero-order valence-corrected chi connectivity index (χ0v) is 26.8. The molecule has 5 rings (SSSR count). The van der Waals surface area contributed by atoms with Crippen molar-refractivity contribution in [1.29, 1.82) is 0 Å². The fourth-order valence-electron chi connectivity index (χ4n) is 6.54. The molecule has 0 radical (unpaired) electrons. The van der Waals surface area contributed by atoms with Gasteiger partial charge in [0.1, 0.15) is 12.1 Å². The molecule has 13 heteroatoms. The van der Waals surface area contributed by atoms with Crippen molar-refractivity contribution in [2.24, 2.45) is 5.92 Å². The summed E-state index contributed by atoms with van der Waals surface area (Å²) in [5, 5.41) is 3.08. The van der Waals surface area contributed by atoms with Crippen LogP contribution >= 0.6 is 11.6 Å². The molecule has 0 aromatic heterocycles. The van der Waals surface area contributed by atoms with Crippen LogP contribution in [-0.2, 0) is 42.2 Å². The first-order chi connectivity index (χ1) is 21.0. The van der Waals surface area contributed by atoms with Crippen LogP contribution in [0.3, 0.4) is 0 Å². The van der Waals surface area contributed by atoms with Crippen LogP contribution in [0.25, 0.3) is 0 Å². The number of benzene rings is 1. The Labute approximate surface area is 264 Å². The summed E-state index contributed by atoms with van der Waals surface area (Å²) in [5.41, 5.74) is 1.86. The first-order valence-corrected chi connectivity index (χ1v) is 17.8. The van der Waals surface area contributed by atoms with Gasteiger partial charge in [-0.15, -0.1) is 0 Å². The predicted molar refractivity (Wildman–Crippen MR) is 164 cm³/mol. The van der Waals surface area contributed by atoms with Crippen LogP contribution in [0, 0.1) is 5.92 Å². The van der Waals surface area contributed by atoms with Gasteiger partial charge in [-0.25, -0.2) is 13.2 Å². The smallest absolute Gasteiger partial charge is 0.410 e. The molecular weight excluding hydrogens is 608 g/mol. The fourth-order valence-corrected chi connectivity index (χ4v) is 8.14. The molecule has 3 atom stereocenters. The lowest BCUT2D eigenvalue weighted by molar-refractivity contribution is -0.139. The predicted octanol–water partition coefficient (Wildman–Crippen LogP) is 4.02. The number of nitrogens with zero attached hydrogens (tertiary/aromatic N) is 2. The standard InChI is InChI=1S/C31H43ClN4O7S/c1-2-22(11-14-28(37)34-44(41,42)24-12-13-24)33-30(39)27-16-23(18-36(27)29(38)15-20-7-4-3-5-8-20)43-31(40)35-17-21-9-6-10-26(32)25(21)19-35/h6,9-10,20,22-24,27H,2-5,7-8,11-19H2,1H3,(H,33,39)(H,34,37)/t22-,23-,27+/m1/s1. The third kappa shape index (κ3) is 8.04. The Morgan fingerprint density at radius 2 is 1.82 bits per heavy atom. The number of carbonyl (C=O) groups excluding carboxylic acids is 4. The number of carbonyl (C=O) groups is 4. The molecule has 1 saturated heterocycles. The van der Waals surface area contributed by atoms with Gasteiger partial charge in [-0.2, -0.15) is 0 Å². The molecule has 0 bridgehead atoms. The second kappa shape index (κ2) is 14.1. The molecule has 11 nitrogen and oxygen atoms in total. The molecule has 2 N–H and O–H groups in total. The Bertz CT molecular complexity index is 1360. The van der Waals surface area contributed by atoms with Crippen molar-refractivity contribution in [2.75, 3.05) is 6.54 Å². The highest BCUT2D eigenvalue weighted by Crippen LogP contribution is 2.32. The van der Waals surface area contributed by atoms with Gasteiger partial charge in [-0.05, 0) is 61.6 Å². The summed E-state index contributed by atoms with van der Waals surface area (Å²) >= 11 is 6.32. The molecule has 242 valence electrons. The molecule has 2 aliphatic heterocycles. The average molecular weight is 651 g/mol. The summed E-state index contributed by atoms with van der Waals surface area (Å²) in [4.78, 5) is 55.7. The minimum Gasteiger partial charge on any atom is -0.444 e. The maximum Gasteiger partial charge on any atom is 0.410 e. The highest BCUT2D eigenvalue weighted by atomic mass is 35.5. The summed E-state index contributed by atoms with van der Waals surface area (Å²) in [7, 11) is -3.63. The number of hydrogen-bond acceptors (Lipinski definition) is 7. The Morgan fingerprint density at radius 3 is 2.50 bits per heavy atom. The SMILES string of the molecule is CC[C@H](CCC(=O)NS(=O)(=O)C1CC1)NC(=O)[C@@H]1C[C@@H](OC(=O)N2Cc3cccc(Cl)c3C2)CN1C(=O)CC1CCCCC1. The highest BCUT2D eigenvalue weighted by Gasteiger charge is 2.43. The van der Waals surface area contributed by atoms with E-state index in [1.807, 2.05) is 19.1 Å². The zero-order chi connectivity index (χ0) is 31.4. The van der Waals surface area contributed by atoms with Crippen molar-refractivity contribution in [2.45, 2.75) is 121 Å². The summed E-state index contributed by atoms with van der Waals surface area (Å²) in [5.74, 6) is -0.789. The van der Waals surface area contributed by atoms with Crippen LogP contribution in [0.2, 0.25) is 5.02 Å². The molecule has 1 aromatic rings. The van der Waals surface area contributed by atoms with Gasteiger partial charge in [-0.3, -0.25) is 24.0 Å². The van der Waals surface area contributed by atoms with E-state index in [-0.39, 0.29) is 49.6 Å². The topological polar surface area (TPSA) is 142 Å². The number of halogens is 1. The molecule has 4 amide bonds. The minimum absolute atomic E-state index is 0.0534. The Kier molecular flexibility index (Phi) is 10.4. The monoisotopic (exact) mass is 650 g/mol. The number of likely N-dealkylation sites (tertiary alicyclic amines) is 1. The van der Waals surface area contributed by atoms with Crippen molar-refractivity contribution in [3.8, 4) is 0 Å². The van der Waals surface area contributed by atoms with E-state index in [0.29, 0.717) is 43.8 Å². The van der Waals surface area contributed by atoms with Gasteiger partial charge < -0.3 is 15.0 Å². The maximum absolute atomic E-state index is 13.6. The molecule has 4 aliphatic rings. The average Bonchev–Trinajstić information content (AvgIpc) is 3.63. The van der Waals surface area contributed by atoms with Crippen molar-refractivity contribution >= 4 is 45.4 Å². The lowest BCUT2D eigenvalue weighted by atomic mass is 9.86. The molecule has 2 saturated carbocycles. The van der Waals surface area contributed by atoms with Gasteiger partial charge in [0.25, 0.3) is 0 Å². The van der Waals surface area contributed by atoms with E-state index in [1.165, 1.54) is 6.42 Å². The van der Waals surface area contributed by atoms with Crippen molar-refractivity contribution in [3.05, 3.63) is 34.3 Å². The van der Waals surface area contributed by atoms with Gasteiger partial charge in [0.05, 0.1) is 18.3 Å². The molecule has 3 fully saturated rings. The van der Waals surface area contributed by atoms with Crippen molar-refractivity contribution in [1.82, 2.24) is 19.8 Å². The minimum atomic E-state index is -3.63. The fraction of sp³-hybridized carbons (Fsp3) is 0.677. The van der Waals surface area contributed by atoms with Crippen molar-refractivity contribution in [3.63, 3.8) is 0 Å². The van der Waals surface area contributed by atoms with E-state index < -0.39 is 39.4 Å². The van der Waals surface area contributed by atoms with E-state index in [4.69, 9.17) is 16.3 Å². The number of sulfonamides is 1. The second-order valence-electron chi connectivity index (χ2n) is 12.7. The number of nitrogens with one attached hydrogen (secondary N) is 2. The Morgan fingerprint density at radius 1 is 1.07 bits per heavy atom. The Hall–Kier alpha value is -2.86. The molecule has 1 aromatic carbocycles. The third-order valence-corrected chi connectivity index (χ3v) is 11.5. The molecule has 0 spiro atoms. The number of rotatable bonds is 11. The van der Waals surface area contributed by atoms with E-state index in [1.54, 1.807) is 15.9 Å². The zero-order valence-electron chi connectivity index (χ0n) is 25.3. The van der Waals surface area contributed by atoms with Crippen LogP contribution in [0.15, 0.2) is 18.2 Å². The summed E-state index contributed by atoms with van der Waals surface area (Å²) in [6.45, 7) is 2.72. The van der Waals surface area contributed by atoms with Gasteiger partial charge in [0.15, 0.2) is 0 Å². The molecule has 0 unspecified atom stereocenters. The van der Waals surface area contributed by atoms with Crippen LogP contribution in [-0.4, -0.2) is 72.0 Å². The second-order valence-corrected chi connectivity index (χ2v) is 15.0. The molecule has 2 heterocycles. The molecule has 2 aliphatic carbocycles. The first kappa shape index (κ1) is 32.5. The van der Waals surface area contributed by atoms with Gasteiger partial charge in [0.2, 0.25) is 27.7 Å². The number of ether oxygens (including phenoxy) is 1.